The summed E-state index contributed by atoms with van der Waals surface area (Å²) in [6.45, 7) is 10.6. The van der Waals surface area contributed by atoms with E-state index in [9.17, 15) is 14.7 Å². The molecule has 2 amide bonds. The number of anilines is 1. The molecule has 0 aromatic heterocycles. The van der Waals surface area contributed by atoms with E-state index in [1.807, 2.05) is 45.9 Å². The molecule has 0 atom stereocenters. The number of phenolic OH excluding ortho intramolecular Hbond substituents is 1. The second kappa shape index (κ2) is 16.7. The third-order valence-corrected chi connectivity index (χ3v) is 4.86. The van der Waals surface area contributed by atoms with Gasteiger partial charge in [0.25, 0.3) is 5.91 Å². The molecule has 0 saturated heterocycles. The van der Waals surface area contributed by atoms with Crippen molar-refractivity contribution in [2.75, 3.05) is 18.5 Å². The number of phenols is 1. The van der Waals surface area contributed by atoms with Crippen molar-refractivity contribution in [1.29, 1.82) is 0 Å². The van der Waals surface area contributed by atoms with E-state index in [0.717, 1.165) is 29.7 Å². The summed E-state index contributed by atoms with van der Waals surface area (Å²) in [5.74, 6) is 0.804. The topological polar surface area (TPSA) is 108 Å². The number of aromatic hydroxyl groups is 1. The minimum atomic E-state index is -0.388. The SMILES string of the molecule is CC.CCCc1cc(C)c(Oc2ccc(O)c(C(=O)Nc3ccccc3)c2)c(C)c1.O=CNCCO. The normalized spacial score (nSPS) is 9.61. The van der Waals surface area contributed by atoms with Gasteiger partial charge in [-0.05, 0) is 67.3 Å². The maximum atomic E-state index is 12.6. The van der Waals surface area contributed by atoms with E-state index < -0.39 is 0 Å². The lowest BCUT2D eigenvalue weighted by Crippen LogP contribution is -2.14. The smallest absolute Gasteiger partial charge is 0.259 e. The molecular weight excluding hydrogens is 456 g/mol. The van der Waals surface area contributed by atoms with Crippen LogP contribution in [0, 0.1) is 13.8 Å². The molecule has 3 aromatic carbocycles. The van der Waals surface area contributed by atoms with Gasteiger partial charge in [-0.2, -0.15) is 0 Å². The molecule has 0 aliphatic rings. The van der Waals surface area contributed by atoms with Gasteiger partial charge in [0.2, 0.25) is 6.41 Å². The maximum Gasteiger partial charge on any atom is 0.259 e. The van der Waals surface area contributed by atoms with Crippen LogP contribution in [0.4, 0.5) is 5.69 Å². The minimum absolute atomic E-state index is 0.0126. The van der Waals surface area contributed by atoms with Crippen LogP contribution in [0.2, 0.25) is 0 Å². The highest BCUT2D eigenvalue weighted by Gasteiger charge is 2.15. The third-order valence-electron chi connectivity index (χ3n) is 4.86. The van der Waals surface area contributed by atoms with Gasteiger partial charge in [-0.1, -0.05) is 57.5 Å². The molecule has 3 rings (SSSR count). The van der Waals surface area contributed by atoms with E-state index in [0.29, 0.717) is 24.4 Å². The number of carbonyl (C=O) groups excluding carboxylic acids is 2. The molecule has 0 radical (unpaired) electrons. The first-order valence-corrected chi connectivity index (χ1v) is 12.1. The molecule has 0 aliphatic heterocycles. The fourth-order valence-corrected chi connectivity index (χ4v) is 3.36. The van der Waals surface area contributed by atoms with Crippen LogP contribution in [0.15, 0.2) is 60.7 Å². The zero-order valence-electron chi connectivity index (χ0n) is 21.8. The van der Waals surface area contributed by atoms with Crippen LogP contribution in [0.25, 0.3) is 0 Å². The maximum absolute atomic E-state index is 12.6. The van der Waals surface area contributed by atoms with Crippen LogP contribution in [-0.2, 0) is 11.2 Å². The number of amides is 2. The first-order valence-electron chi connectivity index (χ1n) is 12.1. The Morgan fingerprint density at radius 1 is 1.00 bits per heavy atom. The van der Waals surface area contributed by atoms with Gasteiger partial charge in [0.05, 0.1) is 12.2 Å². The molecule has 0 spiro atoms. The second-order valence-corrected chi connectivity index (χ2v) is 7.71. The zero-order chi connectivity index (χ0) is 26.9. The molecular formula is C29H38N2O5. The van der Waals surface area contributed by atoms with Gasteiger partial charge < -0.3 is 25.6 Å². The van der Waals surface area contributed by atoms with E-state index >= 15 is 0 Å². The molecule has 0 heterocycles. The molecule has 4 N–H and O–H groups in total. The first kappa shape index (κ1) is 30.2. The number of aliphatic hydroxyl groups is 1. The number of rotatable bonds is 9. The van der Waals surface area contributed by atoms with Gasteiger partial charge in [0.1, 0.15) is 17.2 Å². The average molecular weight is 495 g/mol. The molecule has 7 heteroatoms. The molecule has 194 valence electrons. The number of ether oxygens (including phenoxy) is 1. The van der Waals surface area contributed by atoms with Crippen molar-refractivity contribution in [3.8, 4) is 17.2 Å². The number of hydrogen-bond donors (Lipinski definition) is 4. The monoisotopic (exact) mass is 494 g/mol. The number of aliphatic hydroxyl groups excluding tert-OH is 1. The molecule has 7 nitrogen and oxygen atoms in total. The summed E-state index contributed by atoms with van der Waals surface area (Å²) in [4.78, 5) is 21.9. The Balaban J connectivity index is 0.000000710. The third kappa shape index (κ3) is 9.80. The van der Waals surface area contributed by atoms with Gasteiger partial charge in [-0.3, -0.25) is 9.59 Å². The number of carbonyl (C=O) groups is 2. The Kier molecular flexibility index (Phi) is 14.0. The van der Waals surface area contributed by atoms with Crippen molar-refractivity contribution in [3.63, 3.8) is 0 Å². The lowest BCUT2D eigenvalue weighted by atomic mass is 10.0. The van der Waals surface area contributed by atoms with Crippen molar-refractivity contribution in [2.45, 2.75) is 47.5 Å². The summed E-state index contributed by atoms with van der Waals surface area (Å²) >= 11 is 0. The van der Waals surface area contributed by atoms with Gasteiger partial charge in [-0.25, -0.2) is 0 Å². The fourth-order valence-electron chi connectivity index (χ4n) is 3.36. The Labute approximate surface area is 214 Å². The Morgan fingerprint density at radius 2 is 1.64 bits per heavy atom. The van der Waals surface area contributed by atoms with E-state index in [1.165, 1.54) is 11.6 Å². The van der Waals surface area contributed by atoms with Gasteiger partial charge in [0.15, 0.2) is 0 Å². The van der Waals surface area contributed by atoms with Crippen LogP contribution >= 0.6 is 0 Å². The largest absolute Gasteiger partial charge is 0.507 e. The highest BCUT2D eigenvalue weighted by molar-refractivity contribution is 6.06. The van der Waals surface area contributed by atoms with Crippen LogP contribution < -0.4 is 15.4 Å². The van der Waals surface area contributed by atoms with Crippen LogP contribution in [-0.4, -0.2) is 35.7 Å². The lowest BCUT2D eigenvalue weighted by molar-refractivity contribution is -0.109. The van der Waals surface area contributed by atoms with Crippen molar-refractivity contribution in [1.82, 2.24) is 5.32 Å². The van der Waals surface area contributed by atoms with Gasteiger partial charge in [-0.15, -0.1) is 0 Å². The van der Waals surface area contributed by atoms with Crippen LogP contribution in [0.1, 0.15) is 54.2 Å². The van der Waals surface area contributed by atoms with Gasteiger partial charge >= 0.3 is 0 Å². The van der Waals surface area contributed by atoms with Gasteiger partial charge in [0, 0.05) is 12.2 Å². The summed E-state index contributed by atoms with van der Waals surface area (Å²) in [6.07, 6.45) is 2.68. The fraction of sp³-hybridized carbons (Fsp3) is 0.310. The number of para-hydroxylation sites is 1. The summed E-state index contributed by atoms with van der Waals surface area (Å²) in [5.41, 5.74) is 4.22. The molecule has 0 unspecified atom stereocenters. The quantitative estimate of drug-likeness (QED) is 0.224. The van der Waals surface area contributed by atoms with E-state index in [1.54, 1.807) is 24.3 Å². The van der Waals surface area contributed by atoms with Crippen molar-refractivity contribution >= 4 is 18.0 Å². The van der Waals surface area contributed by atoms with Crippen molar-refractivity contribution < 1.29 is 24.5 Å². The average Bonchev–Trinajstić information content (AvgIpc) is 2.88. The Bertz CT molecular complexity index is 1060. The molecule has 0 aliphatic carbocycles. The standard InChI is InChI=1S/C24H25NO3.C3H7NO2.C2H6/c1-4-8-18-13-16(2)23(17(3)14-18)28-20-11-12-22(26)21(15-20)24(27)25-19-9-6-5-7-10-19;5-2-1-4-3-6;1-2/h5-7,9-15,26H,4,8H2,1-3H3,(H,25,27);3,5H,1-2H2,(H,4,6);1-2H3. The highest BCUT2D eigenvalue weighted by atomic mass is 16.5. The van der Waals surface area contributed by atoms with Crippen LogP contribution in [0.5, 0.6) is 17.2 Å². The second-order valence-electron chi connectivity index (χ2n) is 7.71. The predicted octanol–water partition coefficient (Wildman–Crippen LogP) is 5.76. The number of aryl methyl sites for hydroxylation is 3. The van der Waals surface area contributed by atoms with Crippen molar-refractivity contribution in [2.24, 2.45) is 0 Å². The summed E-state index contributed by atoms with van der Waals surface area (Å²) in [6, 6.07) is 18.1. The summed E-state index contributed by atoms with van der Waals surface area (Å²) < 4.78 is 6.08. The predicted molar refractivity (Wildman–Crippen MR) is 145 cm³/mol. The summed E-state index contributed by atoms with van der Waals surface area (Å²) in [7, 11) is 0. The zero-order valence-corrected chi connectivity index (χ0v) is 21.8. The number of nitrogens with one attached hydrogen (secondary N) is 2. The molecule has 36 heavy (non-hydrogen) atoms. The highest BCUT2D eigenvalue weighted by Crippen LogP contribution is 2.32. The van der Waals surface area contributed by atoms with Crippen LogP contribution in [0.3, 0.4) is 0 Å². The lowest BCUT2D eigenvalue weighted by Gasteiger charge is -2.15. The summed E-state index contributed by atoms with van der Waals surface area (Å²) in [5, 5.41) is 23.2. The molecule has 0 bridgehead atoms. The van der Waals surface area contributed by atoms with E-state index in [-0.39, 0.29) is 23.8 Å². The molecule has 0 saturated carbocycles. The number of benzene rings is 3. The molecule has 3 aromatic rings. The van der Waals surface area contributed by atoms with E-state index in [2.05, 4.69) is 29.7 Å². The molecule has 0 fully saturated rings. The Hall–Kier alpha value is -3.84. The number of hydrogen-bond acceptors (Lipinski definition) is 5. The Morgan fingerprint density at radius 3 is 2.17 bits per heavy atom. The van der Waals surface area contributed by atoms with E-state index in [4.69, 9.17) is 9.84 Å². The van der Waals surface area contributed by atoms with Crippen molar-refractivity contribution in [3.05, 3.63) is 82.9 Å². The minimum Gasteiger partial charge on any atom is -0.507 e. The first-order chi connectivity index (χ1) is 17.4.